The molecule has 3 heterocycles. The molecule has 2 aliphatic rings. The molecule has 1 amide bonds. The maximum atomic E-state index is 11.6. The zero-order valence-electron chi connectivity index (χ0n) is 12.9. The Morgan fingerprint density at radius 3 is 2.88 bits per heavy atom. The van der Waals surface area contributed by atoms with Gasteiger partial charge in [-0.25, -0.2) is 14.6 Å². The van der Waals surface area contributed by atoms with Gasteiger partial charge in [0, 0.05) is 24.3 Å². The van der Waals surface area contributed by atoms with Gasteiger partial charge in [-0.1, -0.05) is 11.3 Å². The van der Waals surface area contributed by atoms with Gasteiger partial charge in [0.15, 0.2) is 17.0 Å². The second kappa shape index (κ2) is 4.98. The number of rotatable bonds is 4. The third-order valence-electron chi connectivity index (χ3n) is 4.42. The van der Waals surface area contributed by atoms with E-state index in [4.69, 9.17) is 0 Å². The number of aromatic nitrogens is 5. The van der Waals surface area contributed by atoms with Crippen LogP contribution in [0.5, 0.6) is 0 Å². The summed E-state index contributed by atoms with van der Waals surface area (Å²) in [6.07, 6.45) is 4.39. The van der Waals surface area contributed by atoms with Gasteiger partial charge in [-0.05, 0) is 31.0 Å². The Morgan fingerprint density at radius 1 is 1.21 bits per heavy atom. The molecule has 3 aromatic rings. The quantitative estimate of drug-likeness (QED) is 0.740. The molecule has 1 aromatic carbocycles. The predicted octanol–water partition coefficient (Wildman–Crippen LogP) is 2.04. The molecule has 0 unspecified atom stereocenters. The van der Waals surface area contributed by atoms with Gasteiger partial charge >= 0.3 is 0 Å². The highest BCUT2D eigenvalue weighted by Gasteiger charge is 2.28. The Morgan fingerprint density at radius 2 is 2.12 bits per heavy atom. The summed E-state index contributed by atoms with van der Waals surface area (Å²) in [4.78, 5) is 22.0. The van der Waals surface area contributed by atoms with Crippen molar-refractivity contribution in [3.05, 3.63) is 30.6 Å². The molecule has 5 rings (SSSR count). The lowest BCUT2D eigenvalue weighted by Crippen LogP contribution is -2.43. The summed E-state index contributed by atoms with van der Waals surface area (Å²) < 4.78 is 1.87. The van der Waals surface area contributed by atoms with Crippen molar-refractivity contribution in [2.75, 3.05) is 16.8 Å². The van der Waals surface area contributed by atoms with E-state index in [0.29, 0.717) is 23.8 Å². The summed E-state index contributed by atoms with van der Waals surface area (Å²) in [5, 5.41) is 11.7. The molecule has 2 fully saturated rings. The first kappa shape index (κ1) is 13.4. The summed E-state index contributed by atoms with van der Waals surface area (Å²) in [5.74, 6) is 0.780. The first-order chi connectivity index (χ1) is 11.8. The van der Waals surface area contributed by atoms with Gasteiger partial charge in [-0.3, -0.25) is 4.79 Å². The van der Waals surface area contributed by atoms with Crippen LogP contribution < -0.4 is 10.2 Å². The number of carbonyl (C=O) groups excluding carboxylic acids is 1. The van der Waals surface area contributed by atoms with Crippen LogP contribution in [0.15, 0.2) is 30.6 Å². The zero-order valence-corrected chi connectivity index (χ0v) is 12.9. The minimum absolute atomic E-state index is 0.156. The van der Waals surface area contributed by atoms with Crippen LogP contribution in [0.1, 0.15) is 25.3 Å². The van der Waals surface area contributed by atoms with Crippen molar-refractivity contribution in [2.24, 2.45) is 0 Å². The second-order valence-corrected chi connectivity index (χ2v) is 6.13. The molecule has 0 spiro atoms. The van der Waals surface area contributed by atoms with Crippen molar-refractivity contribution in [3.8, 4) is 0 Å². The third kappa shape index (κ3) is 2.10. The van der Waals surface area contributed by atoms with E-state index in [1.54, 1.807) is 4.90 Å². The summed E-state index contributed by atoms with van der Waals surface area (Å²) in [6.45, 7) is 0.774. The second-order valence-electron chi connectivity index (χ2n) is 6.13. The van der Waals surface area contributed by atoms with Crippen LogP contribution in [-0.4, -0.2) is 37.4 Å². The molecule has 1 saturated heterocycles. The fourth-order valence-corrected chi connectivity index (χ4v) is 2.90. The van der Waals surface area contributed by atoms with Crippen LogP contribution in [-0.2, 0) is 4.79 Å². The standard InChI is InChI=1S/C16H15N7O/c24-13-6-7-22(13)12-3-1-2-10(8-12)19-15-14-16(18-9-17-15)23(21-20-14)11-4-5-11/h1-3,8-9,11H,4-7H2,(H,17,18,19). The van der Waals surface area contributed by atoms with Crippen LogP contribution in [0.3, 0.4) is 0 Å². The highest BCUT2D eigenvalue weighted by atomic mass is 16.2. The number of hydrogen-bond acceptors (Lipinski definition) is 6. The van der Waals surface area contributed by atoms with E-state index >= 15 is 0 Å². The highest BCUT2D eigenvalue weighted by molar-refractivity contribution is 5.99. The first-order valence-corrected chi connectivity index (χ1v) is 8.03. The molecular formula is C16H15N7O. The Bertz CT molecular complexity index is 947. The molecule has 8 nitrogen and oxygen atoms in total. The number of benzene rings is 1. The Labute approximate surface area is 137 Å². The number of nitrogens with zero attached hydrogens (tertiary/aromatic N) is 6. The summed E-state index contributed by atoms with van der Waals surface area (Å²) >= 11 is 0. The lowest BCUT2D eigenvalue weighted by atomic mass is 10.1. The fourth-order valence-electron chi connectivity index (χ4n) is 2.90. The SMILES string of the molecule is O=C1CCN1c1cccc(Nc2ncnc3c2nnn3C2CC2)c1. The molecule has 1 N–H and O–H groups in total. The number of carbonyl (C=O) groups is 1. The van der Waals surface area contributed by atoms with Gasteiger partial charge < -0.3 is 10.2 Å². The lowest BCUT2D eigenvalue weighted by molar-refractivity contribution is -0.122. The maximum absolute atomic E-state index is 11.6. The molecule has 1 aliphatic heterocycles. The monoisotopic (exact) mass is 321 g/mol. The molecule has 1 saturated carbocycles. The molecule has 24 heavy (non-hydrogen) atoms. The van der Waals surface area contributed by atoms with Crippen molar-refractivity contribution >= 4 is 34.3 Å². The number of β-lactam (4-membered cyclic amide) rings is 1. The molecule has 0 atom stereocenters. The van der Waals surface area contributed by atoms with Crippen LogP contribution in [0.4, 0.5) is 17.2 Å². The number of hydrogen-bond donors (Lipinski definition) is 1. The summed E-state index contributed by atoms with van der Waals surface area (Å²) in [5.41, 5.74) is 3.16. The molecular weight excluding hydrogens is 306 g/mol. The van der Waals surface area contributed by atoms with Crippen molar-refractivity contribution in [1.29, 1.82) is 0 Å². The van der Waals surface area contributed by atoms with Crippen molar-refractivity contribution in [1.82, 2.24) is 25.0 Å². The number of fused-ring (bicyclic) bond motifs is 1. The zero-order chi connectivity index (χ0) is 16.1. The predicted molar refractivity (Wildman–Crippen MR) is 88.1 cm³/mol. The Hall–Kier alpha value is -3.03. The molecule has 120 valence electrons. The highest BCUT2D eigenvalue weighted by Crippen LogP contribution is 2.36. The molecule has 2 aromatic heterocycles. The van der Waals surface area contributed by atoms with E-state index in [0.717, 1.165) is 36.4 Å². The molecule has 1 aliphatic carbocycles. The minimum atomic E-state index is 0.156. The van der Waals surface area contributed by atoms with E-state index in [1.165, 1.54) is 6.33 Å². The van der Waals surface area contributed by atoms with Gasteiger partial charge in [0.05, 0.1) is 6.04 Å². The van der Waals surface area contributed by atoms with Crippen molar-refractivity contribution in [2.45, 2.75) is 25.3 Å². The minimum Gasteiger partial charge on any atom is -0.338 e. The molecule has 8 heteroatoms. The van der Waals surface area contributed by atoms with Gasteiger partial charge in [0.1, 0.15) is 6.33 Å². The normalized spacial score (nSPS) is 17.2. The van der Waals surface area contributed by atoms with Crippen LogP contribution in [0.25, 0.3) is 11.2 Å². The Kier molecular flexibility index (Phi) is 2.79. The topological polar surface area (TPSA) is 88.8 Å². The van der Waals surface area contributed by atoms with Gasteiger partial charge in [0.25, 0.3) is 0 Å². The lowest BCUT2D eigenvalue weighted by Gasteiger charge is -2.30. The third-order valence-corrected chi connectivity index (χ3v) is 4.42. The molecule has 0 bridgehead atoms. The van der Waals surface area contributed by atoms with Crippen molar-refractivity contribution in [3.63, 3.8) is 0 Å². The maximum Gasteiger partial charge on any atom is 0.228 e. The molecule has 0 radical (unpaired) electrons. The average Bonchev–Trinajstić information content (AvgIpc) is 3.33. The van der Waals surface area contributed by atoms with Crippen LogP contribution >= 0.6 is 0 Å². The van der Waals surface area contributed by atoms with Crippen LogP contribution in [0, 0.1) is 0 Å². The average molecular weight is 321 g/mol. The van der Waals surface area contributed by atoms with Crippen molar-refractivity contribution < 1.29 is 4.79 Å². The summed E-state index contributed by atoms with van der Waals surface area (Å²) in [7, 11) is 0. The number of nitrogens with one attached hydrogen (secondary N) is 1. The summed E-state index contributed by atoms with van der Waals surface area (Å²) in [6, 6.07) is 8.14. The number of amides is 1. The van der Waals surface area contributed by atoms with E-state index in [2.05, 4.69) is 25.6 Å². The number of anilines is 3. The van der Waals surface area contributed by atoms with E-state index in [-0.39, 0.29) is 5.91 Å². The van der Waals surface area contributed by atoms with E-state index in [9.17, 15) is 4.79 Å². The Balaban J connectivity index is 1.48. The first-order valence-electron chi connectivity index (χ1n) is 8.03. The smallest absolute Gasteiger partial charge is 0.228 e. The fraction of sp³-hybridized carbons (Fsp3) is 0.312. The van der Waals surface area contributed by atoms with Gasteiger partial charge in [-0.15, -0.1) is 5.10 Å². The van der Waals surface area contributed by atoms with Gasteiger partial charge in [0.2, 0.25) is 5.91 Å². The van der Waals surface area contributed by atoms with E-state index in [1.807, 2.05) is 28.9 Å². The van der Waals surface area contributed by atoms with E-state index < -0.39 is 0 Å². The van der Waals surface area contributed by atoms with Crippen LogP contribution in [0.2, 0.25) is 0 Å². The largest absolute Gasteiger partial charge is 0.338 e. The van der Waals surface area contributed by atoms with Gasteiger partial charge in [-0.2, -0.15) is 0 Å².